The molecule has 2 nitrogen and oxygen atoms in total. The van der Waals surface area contributed by atoms with Gasteiger partial charge in [-0.1, -0.05) is 37.8 Å². The Morgan fingerprint density at radius 2 is 2.11 bits per heavy atom. The fourth-order valence-corrected chi connectivity index (χ4v) is 2.93. The van der Waals surface area contributed by atoms with E-state index in [4.69, 9.17) is 4.74 Å². The zero-order valence-electron chi connectivity index (χ0n) is 12.4. The molecule has 1 aromatic rings. The average molecular weight is 262 g/mol. The standard InChI is InChI=1S/C17H26O2/c1-4-5-6-7-10-17(3)12-15(18)14-11-13(2)8-9-16(14)19-17/h8-9,11,15,18H,4-7,10,12H2,1-3H3/t15-,17?/m0/s1. The number of rotatable bonds is 5. The molecule has 19 heavy (non-hydrogen) atoms. The van der Waals surface area contributed by atoms with Crippen LogP contribution < -0.4 is 4.74 Å². The molecule has 0 saturated heterocycles. The van der Waals surface area contributed by atoms with Gasteiger partial charge in [0.15, 0.2) is 0 Å². The molecule has 0 fully saturated rings. The van der Waals surface area contributed by atoms with E-state index < -0.39 is 0 Å². The van der Waals surface area contributed by atoms with E-state index in [1.165, 1.54) is 31.2 Å². The Morgan fingerprint density at radius 3 is 2.84 bits per heavy atom. The Balaban J connectivity index is 2.04. The van der Waals surface area contributed by atoms with Gasteiger partial charge < -0.3 is 9.84 Å². The summed E-state index contributed by atoms with van der Waals surface area (Å²) >= 11 is 0. The minimum atomic E-state index is -0.389. The molecule has 0 saturated carbocycles. The van der Waals surface area contributed by atoms with Gasteiger partial charge in [0.25, 0.3) is 0 Å². The molecule has 0 bridgehead atoms. The minimum Gasteiger partial charge on any atom is -0.487 e. The Hall–Kier alpha value is -1.02. The van der Waals surface area contributed by atoms with Crippen molar-refractivity contribution < 1.29 is 9.84 Å². The third-order valence-electron chi connectivity index (χ3n) is 4.06. The molecule has 0 aromatic heterocycles. The third-order valence-corrected chi connectivity index (χ3v) is 4.06. The van der Waals surface area contributed by atoms with Crippen LogP contribution in [0.25, 0.3) is 0 Å². The van der Waals surface area contributed by atoms with Gasteiger partial charge in [0.05, 0.1) is 6.10 Å². The number of hydrogen-bond acceptors (Lipinski definition) is 2. The smallest absolute Gasteiger partial charge is 0.125 e. The maximum Gasteiger partial charge on any atom is 0.125 e. The first-order chi connectivity index (χ1) is 9.04. The summed E-state index contributed by atoms with van der Waals surface area (Å²) < 4.78 is 6.17. The summed E-state index contributed by atoms with van der Waals surface area (Å²) in [7, 11) is 0. The van der Waals surface area contributed by atoms with Crippen molar-refractivity contribution in [2.24, 2.45) is 0 Å². The van der Waals surface area contributed by atoms with E-state index in [0.29, 0.717) is 6.42 Å². The van der Waals surface area contributed by atoms with E-state index in [0.717, 1.165) is 17.7 Å². The highest BCUT2D eigenvalue weighted by Gasteiger charge is 2.35. The molecule has 2 rings (SSSR count). The zero-order valence-corrected chi connectivity index (χ0v) is 12.4. The number of hydrogen-bond donors (Lipinski definition) is 1. The van der Waals surface area contributed by atoms with Crippen LogP contribution in [0.2, 0.25) is 0 Å². The molecule has 106 valence electrons. The van der Waals surface area contributed by atoms with Crippen molar-refractivity contribution in [3.63, 3.8) is 0 Å². The summed E-state index contributed by atoms with van der Waals surface area (Å²) in [5.74, 6) is 0.863. The molecular formula is C17H26O2. The van der Waals surface area contributed by atoms with Crippen LogP contribution in [-0.4, -0.2) is 10.7 Å². The second-order valence-electron chi connectivity index (χ2n) is 6.12. The van der Waals surface area contributed by atoms with Crippen molar-refractivity contribution in [3.05, 3.63) is 29.3 Å². The van der Waals surface area contributed by atoms with Crippen molar-refractivity contribution in [1.29, 1.82) is 0 Å². The fourth-order valence-electron chi connectivity index (χ4n) is 2.93. The lowest BCUT2D eigenvalue weighted by Gasteiger charge is -2.38. The van der Waals surface area contributed by atoms with Gasteiger partial charge in [-0.2, -0.15) is 0 Å². The summed E-state index contributed by atoms with van der Waals surface area (Å²) in [6.07, 6.45) is 6.31. The van der Waals surface area contributed by atoms with E-state index in [-0.39, 0.29) is 11.7 Å². The van der Waals surface area contributed by atoms with Gasteiger partial charge in [0.1, 0.15) is 11.4 Å². The number of aliphatic hydroxyl groups excluding tert-OH is 1. The Morgan fingerprint density at radius 1 is 1.32 bits per heavy atom. The van der Waals surface area contributed by atoms with Crippen LogP contribution >= 0.6 is 0 Å². The molecular weight excluding hydrogens is 236 g/mol. The van der Waals surface area contributed by atoms with Crippen LogP contribution in [0.1, 0.15) is 69.6 Å². The zero-order chi connectivity index (χ0) is 13.9. The van der Waals surface area contributed by atoms with Crippen LogP contribution in [-0.2, 0) is 0 Å². The predicted octanol–water partition coefficient (Wildman–Crippen LogP) is 4.54. The number of aliphatic hydroxyl groups is 1. The van der Waals surface area contributed by atoms with Gasteiger partial charge >= 0.3 is 0 Å². The van der Waals surface area contributed by atoms with Gasteiger partial charge in [0, 0.05) is 12.0 Å². The molecule has 0 radical (unpaired) electrons. The van der Waals surface area contributed by atoms with E-state index in [1.807, 2.05) is 25.1 Å². The Bertz CT molecular complexity index is 427. The molecule has 2 atom stereocenters. The normalized spacial score (nSPS) is 25.8. The van der Waals surface area contributed by atoms with Gasteiger partial charge in [-0.3, -0.25) is 0 Å². The molecule has 1 N–H and O–H groups in total. The summed E-state index contributed by atoms with van der Waals surface area (Å²) in [5, 5.41) is 10.3. The monoisotopic (exact) mass is 262 g/mol. The van der Waals surface area contributed by atoms with Crippen LogP contribution in [0.3, 0.4) is 0 Å². The molecule has 1 unspecified atom stereocenters. The molecule has 1 aromatic carbocycles. The lowest BCUT2D eigenvalue weighted by atomic mass is 9.86. The van der Waals surface area contributed by atoms with Crippen molar-refractivity contribution in [2.75, 3.05) is 0 Å². The number of aryl methyl sites for hydroxylation is 1. The molecule has 0 amide bonds. The largest absolute Gasteiger partial charge is 0.487 e. The van der Waals surface area contributed by atoms with E-state index in [9.17, 15) is 5.11 Å². The van der Waals surface area contributed by atoms with Crippen LogP contribution in [0.4, 0.5) is 0 Å². The van der Waals surface area contributed by atoms with E-state index in [1.54, 1.807) is 0 Å². The SMILES string of the molecule is CCCCCCC1(C)C[C@H](O)c2cc(C)ccc2O1. The third kappa shape index (κ3) is 3.50. The van der Waals surface area contributed by atoms with E-state index in [2.05, 4.69) is 13.8 Å². The second kappa shape index (κ2) is 5.96. The highest BCUT2D eigenvalue weighted by Crippen LogP contribution is 2.41. The quantitative estimate of drug-likeness (QED) is 0.789. The first-order valence-corrected chi connectivity index (χ1v) is 7.52. The summed E-state index contributed by atoms with van der Waals surface area (Å²) in [6, 6.07) is 6.09. The first kappa shape index (κ1) is 14.4. The van der Waals surface area contributed by atoms with Crippen molar-refractivity contribution >= 4 is 0 Å². The van der Waals surface area contributed by atoms with E-state index >= 15 is 0 Å². The van der Waals surface area contributed by atoms with Crippen molar-refractivity contribution in [1.82, 2.24) is 0 Å². The topological polar surface area (TPSA) is 29.5 Å². The molecule has 2 heteroatoms. The summed E-state index contributed by atoms with van der Waals surface area (Å²) in [6.45, 7) is 6.40. The fraction of sp³-hybridized carbons (Fsp3) is 0.647. The lowest BCUT2D eigenvalue weighted by Crippen LogP contribution is -2.38. The van der Waals surface area contributed by atoms with Crippen LogP contribution in [0.5, 0.6) is 5.75 Å². The van der Waals surface area contributed by atoms with Crippen LogP contribution in [0.15, 0.2) is 18.2 Å². The maximum absolute atomic E-state index is 10.3. The highest BCUT2D eigenvalue weighted by molar-refractivity contribution is 5.40. The van der Waals surface area contributed by atoms with Gasteiger partial charge in [-0.05, 0) is 38.8 Å². The number of ether oxygens (including phenoxy) is 1. The second-order valence-corrected chi connectivity index (χ2v) is 6.12. The van der Waals surface area contributed by atoms with Gasteiger partial charge in [-0.25, -0.2) is 0 Å². The van der Waals surface area contributed by atoms with Gasteiger partial charge in [-0.15, -0.1) is 0 Å². The number of fused-ring (bicyclic) bond motifs is 1. The van der Waals surface area contributed by atoms with Crippen molar-refractivity contribution in [2.45, 2.75) is 71.0 Å². The maximum atomic E-state index is 10.3. The first-order valence-electron chi connectivity index (χ1n) is 7.52. The van der Waals surface area contributed by atoms with Crippen molar-refractivity contribution in [3.8, 4) is 5.75 Å². The predicted molar refractivity (Wildman–Crippen MR) is 78.5 cm³/mol. The summed E-state index contributed by atoms with van der Waals surface area (Å²) in [4.78, 5) is 0. The highest BCUT2D eigenvalue weighted by atomic mass is 16.5. The molecule has 0 aliphatic carbocycles. The van der Waals surface area contributed by atoms with Gasteiger partial charge in [0.2, 0.25) is 0 Å². The van der Waals surface area contributed by atoms with Crippen LogP contribution in [0, 0.1) is 6.92 Å². The summed E-state index contributed by atoms with van der Waals surface area (Å²) in [5.41, 5.74) is 1.91. The molecule has 1 aliphatic heterocycles. The average Bonchev–Trinajstić information content (AvgIpc) is 2.36. The Labute approximate surface area is 116 Å². The number of unbranched alkanes of at least 4 members (excludes halogenated alkanes) is 3. The molecule has 1 heterocycles. The number of benzene rings is 1. The molecule has 0 spiro atoms. The Kier molecular flexibility index (Phi) is 4.51. The molecule has 1 aliphatic rings. The lowest BCUT2D eigenvalue weighted by molar-refractivity contribution is -0.00852. The minimum absolute atomic E-state index is 0.213.